The molecule has 0 aliphatic carbocycles. The van der Waals surface area contributed by atoms with Crippen molar-refractivity contribution in [2.75, 3.05) is 6.61 Å². The van der Waals surface area contributed by atoms with Gasteiger partial charge in [-0.25, -0.2) is 9.59 Å². The Balaban J connectivity index is 3.32. The van der Waals surface area contributed by atoms with Gasteiger partial charge in [-0.2, -0.15) is 10.1 Å². The summed E-state index contributed by atoms with van der Waals surface area (Å²) in [5.74, 6) is -1.54. The van der Waals surface area contributed by atoms with Gasteiger partial charge in [-0.3, -0.25) is 4.89 Å². The third-order valence-electron chi connectivity index (χ3n) is 1.37. The van der Waals surface area contributed by atoms with Crippen molar-refractivity contribution >= 4 is 11.9 Å². The number of rotatable bonds is 7. The Bertz CT molecular complexity index is 179. The van der Waals surface area contributed by atoms with Crippen LogP contribution in [-0.2, 0) is 24.3 Å². The van der Waals surface area contributed by atoms with E-state index >= 15 is 0 Å². The van der Waals surface area contributed by atoms with E-state index in [1.807, 2.05) is 6.92 Å². The molecule has 1 N–H and O–H groups in total. The van der Waals surface area contributed by atoms with Crippen molar-refractivity contribution < 1.29 is 29.5 Å². The molecule has 0 aromatic heterocycles. The largest absolute Gasteiger partial charge is 0.342 e. The zero-order valence-corrected chi connectivity index (χ0v) is 8.02. The van der Waals surface area contributed by atoms with Gasteiger partial charge in [-0.15, -0.1) is 0 Å². The van der Waals surface area contributed by atoms with Crippen LogP contribution in [0.1, 0.15) is 32.6 Å². The molecule has 0 saturated carbocycles. The van der Waals surface area contributed by atoms with Gasteiger partial charge in [-0.1, -0.05) is 13.3 Å². The summed E-state index contributed by atoms with van der Waals surface area (Å²) in [5, 5.41) is 7.86. The Morgan fingerprint density at radius 1 is 1.21 bits per heavy atom. The van der Waals surface area contributed by atoms with Crippen molar-refractivity contribution in [3.63, 3.8) is 0 Å². The van der Waals surface area contributed by atoms with Crippen molar-refractivity contribution in [3.8, 4) is 0 Å². The first-order valence-corrected chi connectivity index (χ1v) is 4.37. The molecule has 6 nitrogen and oxygen atoms in total. The highest BCUT2D eigenvalue weighted by Crippen LogP contribution is 1.96. The Hall–Kier alpha value is -1.14. The zero-order valence-electron chi connectivity index (χ0n) is 8.02. The van der Waals surface area contributed by atoms with Gasteiger partial charge in [0.25, 0.3) is 0 Å². The molecule has 0 heterocycles. The van der Waals surface area contributed by atoms with Crippen LogP contribution < -0.4 is 0 Å². The van der Waals surface area contributed by atoms with E-state index in [2.05, 4.69) is 14.7 Å². The van der Waals surface area contributed by atoms with Crippen molar-refractivity contribution in [1.29, 1.82) is 0 Å². The third-order valence-corrected chi connectivity index (χ3v) is 1.37. The van der Waals surface area contributed by atoms with E-state index in [4.69, 9.17) is 5.26 Å². The Morgan fingerprint density at radius 3 is 2.43 bits per heavy atom. The first-order valence-electron chi connectivity index (χ1n) is 4.37. The minimum atomic E-state index is -0.879. The first kappa shape index (κ1) is 12.9. The number of hydrogen-bond donors (Lipinski definition) is 1. The summed E-state index contributed by atoms with van der Waals surface area (Å²) in [4.78, 5) is 33.4. The van der Waals surface area contributed by atoms with Gasteiger partial charge in [0.2, 0.25) is 0 Å². The number of carbonyl (C=O) groups excluding carboxylic acids is 2. The lowest BCUT2D eigenvalue weighted by Gasteiger charge is -2.01. The molecule has 0 aliphatic rings. The fourth-order valence-corrected chi connectivity index (χ4v) is 0.602. The molecule has 0 spiro atoms. The lowest BCUT2D eigenvalue weighted by molar-refractivity contribution is -0.273. The molecule has 14 heavy (non-hydrogen) atoms. The molecule has 0 saturated heterocycles. The summed E-state index contributed by atoms with van der Waals surface area (Å²) in [6.07, 6.45) is 1.33. The third kappa shape index (κ3) is 7.51. The second-order valence-corrected chi connectivity index (χ2v) is 2.59. The van der Waals surface area contributed by atoms with Crippen molar-refractivity contribution in [3.05, 3.63) is 0 Å². The molecule has 0 radical (unpaired) electrons. The molecule has 0 amide bonds. The lowest BCUT2D eigenvalue weighted by Crippen LogP contribution is -2.09. The van der Waals surface area contributed by atoms with Crippen LogP contribution in [0.2, 0.25) is 0 Å². The Kier molecular flexibility index (Phi) is 7.77. The van der Waals surface area contributed by atoms with E-state index in [0.29, 0.717) is 6.61 Å². The quantitative estimate of drug-likeness (QED) is 0.381. The number of carbonyl (C=O) groups is 2. The Morgan fingerprint density at radius 2 is 1.86 bits per heavy atom. The van der Waals surface area contributed by atoms with E-state index in [9.17, 15) is 9.59 Å². The molecule has 0 aromatic carbocycles. The maximum absolute atomic E-state index is 10.8. The minimum Gasteiger partial charge on any atom is -0.301 e. The minimum absolute atomic E-state index is 0.175. The summed E-state index contributed by atoms with van der Waals surface area (Å²) < 4.78 is 0. The molecular formula is C8H14O6. The second-order valence-electron chi connectivity index (χ2n) is 2.59. The molecule has 0 aromatic rings. The summed E-state index contributed by atoms with van der Waals surface area (Å²) in [5.41, 5.74) is 0. The summed E-state index contributed by atoms with van der Waals surface area (Å²) in [6, 6.07) is 0. The van der Waals surface area contributed by atoms with Crippen LogP contribution in [0.5, 0.6) is 0 Å². The highest BCUT2D eigenvalue weighted by Gasteiger charge is 2.09. The average Bonchev–Trinajstić information content (AvgIpc) is 2.21. The molecule has 0 atom stereocenters. The van der Waals surface area contributed by atoms with Crippen LogP contribution in [-0.4, -0.2) is 23.8 Å². The lowest BCUT2D eigenvalue weighted by atomic mass is 10.3. The molecule has 0 unspecified atom stereocenters. The summed E-state index contributed by atoms with van der Waals surface area (Å²) >= 11 is 0. The van der Waals surface area contributed by atoms with E-state index in [0.717, 1.165) is 12.8 Å². The highest BCUT2D eigenvalue weighted by molar-refractivity contribution is 5.76. The smallest absolute Gasteiger partial charge is 0.301 e. The van der Waals surface area contributed by atoms with E-state index in [1.54, 1.807) is 0 Å². The summed E-state index contributed by atoms with van der Waals surface area (Å²) in [6.45, 7) is 2.31. The monoisotopic (exact) mass is 206 g/mol. The van der Waals surface area contributed by atoms with E-state index in [-0.39, 0.29) is 12.8 Å². The average molecular weight is 206 g/mol. The predicted molar refractivity (Wildman–Crippen MR) is 44.9 cm³/mol. The highest BCUT2D eigenvalue weighted by atomic mass is 17.2. The SMILES string of the molecule is CCCCOOC(=O)CCC(=O)OO. The topological polar surface area (TPSA) is 82.1 Å². The maximum Gasteiger partial charge on any atom is 0.342 e. The van der Waals surface area contributed by atoms with Gasteiger partial charge in [-0.05, 0) is 6.42 Å². The number of hydrogen-bond acceptors (Lipinski definition) is 6. The molecular weight excluding hydrogens is 192 g/mol. The molecule has 0 rings (SSSR count). The zero-order chi connectivity index (χ0) is 10.8. The van der Waals surface area contributed by atoms with Crippen LogP contribution >= 0.6 is 0 Å². The predicted octanol–water partition coefficient (Wildman–Crippen LogP) is 1.06. The molecule has 0 aliphatic heterocycles. The van der Waals surface area contributed by atoms with Crippen LogP contribution in [0.3, 0.4) is 0 Å². The van der Waals surface area contributed by atoms with E-state index < -0.39 is 11.9 Å². The first-order chi connectivity index (χ1) is 6.70. The number of unbranched alkanes of at least 4 members (excludes halogenated alkanes) is 1. The normalized spacial score (nSPS) is 9.57. The molecule has 82 valence electrons. The summed E-state index contributed by atoms with van der Waals surface area (Å²) in [7, 11) is 0. The fraction of sp³-hybridized carbons (Fsp3) is 0.750. The van der Waals surface area contributed by atoms with Crippen molar-refractivity contribution in [2.24, 2.45) is 0 Å². The van der Waals surface area contributed by atoms with Gasteiger partial charge in [0.15, 0.2) is 0 Å². The van der Waals surface area contributed by atoms with Crippen LogP contribution in [0.15, 0.2) is 0 Å². The van der Waals surface area contributed by atoms with Gasteiger partial charge in [0, 0.05) is 0 Å². The van der Waals surface area contributed by atoms with Gasteiger partial charge >= 0.3 is 11.9 Å². The van der Waals surface area contributed by atoms with Crippen LogP contribution in [0.25, 0.3) is 0 Å². The van der Waals surface area contributed by atoms with Gasteiger partial charge < -0.3 is 4.89 Å². The van der Waals surface area contributed by atoms with Crippen molar-refractivity contribution in [2.45, 2.75) is 32.6 Å². The van der Waals surface area contributed by atoms with E-state index in [1.165, 1.54) is 0 Å². The van der Waals surface area contributed by atoms with Crippen LogP contribution in [0.4, 0.5) is 0 Å². The maximum atomic E-state index is 10.8. The van der Waals surface area contributed by atoms with Crippen LogP contribution in [0, 0.1) is 0 Å². The fourth-order valence-electron chi connectivity index (χ4n) is 0.602. The van der Waals surface area contributed by atoms with Gasteiger partial charge in [0.1, 0.15) is 0 Å². The molecule has 0 fully saturated rings. The molecule has 0 bridgehead atoms. The van der Waals surface area contributed by atoms with Gasteiger partial charge in [0.05, 0.1) is 19.4 Å². The molecule has 6 heteroatoms. The second kappa shape index (κ2) is 8.46. The standard InChI is InChI=1S/C8H14O6/c1-2-3-6-12-14-8(10)5-4-7(9)13-11/h11H,2-6H2,1H3. The van der Waals surface area contributed by atoms with Crippen molar-refractivity contribution in [1.82, 2.24) is 0 Å². The Labute approximate surface area is 81.6 Å².